The second-order valence-electron chi connectivity index (χ2n) is 17.9. The number of imidazole rings is 2. The minimum absolute atomic E-state index is 0.0461. The Hall–Kier alpha value is -4.96. The van der Waals surface area contributed by atoms with Crippen LogP contribution in [0.15, 0.2) is 47.7 Å². The number of hydrogen-bond acceptors (Lipinski definition) is 10. The van der Waals surface area contributed by atoms with Crippen molar-refractivity contribution in [3.05, 3.63) is 93.0 Å². The molecule has 2 amide bonds. The van der Waals surface area contributed by atoms with Crippen molar-refractivity contribution in [3.63, 3.8) is 0 Å². The van der Waals surface area contributed by atoms with Crippen molar-refractivity contribution in [2.24, 2.45) is 0 Å². The number of nitrogens with one attached hydrogen (secondary N) is 4. The van der Waals surface area contributed by atoms with E-state index in [1.807, 2.05) is 48.5 Å². The first-order chi connectivity index (χ1) is 28.8. The quantitative estimate of drug-likeness (QED) is 0.114. The molecule has 4 aromatic heterocycles. The largest absolute Gasteiger partial charge is 0.356 e. The van der Waals surface area contributed by atoms with Crippen LogP contribution < -0.4 is 20.4 Å². The Labute approximate surface area is 370 Å². The summed E-state index contributed by atoms with van der Waals surface area (Å²) < 4.78 is 14.7. The van der Waals surface area contributed by atoms with Gasteiger partial charge in [0.15, 0.2) is 0 Å². The SMILES string of the molecule is Cc1[nH]cnc1C1CCN(c2nc(CC(=O)NC(C)(C)C)ncc2-c2ccc(F)c(Cl)c2)CC1.Cc1[nH]cnc1C1CCN(c2nc(CC(=O)NC(C)(C)C)ncc2Br)CC1. The zero-order chi connectivity index (χ0) is 44.1. The highest BCUT2D eigenvalue weighted by atomic mass is 79.9. The second kappa shape index (κ2) is 19.4. The number of aromatic amines is 2. The Bertz CT molecular complexity index is 2300. The number of piperidine rings is 2. The third-order valence-corrected chi connectivity index (χ3v) is 11.4. The van der Waals surface area contributed by atoms with E-state index in [-0.39, 0.29) is 40.8 Å². The maximum atomic E-state index is 13.8. The van der Waals surface area contributed by atoms with Crippen LogP contribution in [0.3, 0.4) is 0 Å². The smallest absolute Gasteiger partial charge is 0.228 e. The Kier molecular flexibility index (Phi) is 14.5. The molecule has 0 unspecified atom stereocenters. The van der Waals surface area contributed by atoms with Crippen molar-refractivity contribution in [2.75, 3.05) is 36.0 Å². The maximum absolute atomic E-state index is 13.8. The molecule has 0 bridgehead atoms. The lowest BCUT2D eigenvalue weighted by atomic mass is 9.92. The third kappa shape index (κ3) is 12.3. The summed E-state index contributed by atoms with van der Waals surface area (Å²) in [5.74, 6) is 2.76. The molecule has 61 heavy (non-hydrogen) atoms. The molecule has 0 saturated carbocycles. The molecule has 1 aromatic carbocycles. The number of aromatic nitrogens is 8. The lowest BCUT2D eigenvalue weighted by Gasteiger charge is -2.33. The number of anilines is 2. The molecule has 14 nitrogen and oxygen atoms in total. The van der Waals surface area contributed by atoms with E-state index >= 15 is 0 Å². The van der Waals surface area contributed by atoms with Crippen molar-refractivity contribution in [3.8, 4) is 11.1 Å². The number of carbonyl (C=O) groups is 2. The highest BCUT2D eigenvalue weighted by molar-refractivity contribution is 9.10. The van der Waals surface area contributed by atoms with Gasteiger partial charge >= 0.3 is 0 Å². The van der Waals surface area contributed by atoms with Gasteiger partial charge in [-0.3, -0.25) is 9.59 Å². The van der Waals surface area contributed by atoms with Gasteiger partial charge in [-0.05, 0) is 115 Å². The van der Waals surface area contributed by atoms with Gasteiger partial charge in [0, 0.05) is 78.4 Å². The van der Waals surface area contributed by atoms with Crippen LogP contribution in [0.25, 0.3) is 11.1 Å². The van der Waals surface area contributed by atoms with Gasteiger partial charge in [-0.25, -0.2) is 34.3 Å². The standard InChI is InChI=1S/C25H30ClFN6O.C19H27BrN6O/c1-15-23(30-14-29-15)16-7-9-33(10-8-16)24-18(17-5-6-20(27)19(26)11-17)13-28-21(31-24)12-22(34)32-25(2,3)4;1-12-17(23-11-22-12)13-5-7-26(8-6-13)18-14(20)10-21-15(24-18)9-16(27)25-19(2,3)4/h5-6,11,13-14,16H,7-10,12H2,1-4H3,(H,29,30)(H,32,34);10-11,13H,5-9H2,1-4H3,(H,22,23)(H,25,27). The fraction of sp³-hybridized carbons (Fsp3) is 0.500. The molecule has 0 radical (unpaired) electrons. The van der Waals surface area contributed by atoms with Crippen molar-refractivity contribution >= 4 is 51.0 Å². The van der Waals surface area contributed by atoms with Crippen LogP contribution in [-0.4, -0.2) is 88.9 Å². The van der Waals surface area contributed by atoms with Crippen molar-refractivity contribution in [1.29, 1.82) is 0 Å². The van der Waals surface area contributed by atoms with Gasteiger partial charge in [0.2, 0.25) is 11.8 Å². The summed E-state index contributed by atoms with van der Waals surface area (Å²) in [4.78, 5) is 62.7. The van der Waals surface area contributed by atoms with Gasteiger partial charge < -0.3 is 30.4 Å². The number of aryl methyl sites for hydroxylation is 2. The Morgan fingerprint density at radius 3 is 1.66 bits per heavy atom. The average Bonchev–Trinajstić information content (AvgIpc) is 3.83. The van der Waals surface area contributed by atoms with E-state index in [1.165, 1.54) is 11.8 Å². The summed E-state index contributed by atoms with van der Waals surface area (Å²) in [7, 11) is 0. The predicted octanol–water partition coefficient (Wildman–Crippen LogP) is 7.92. The van der Waals surface area contributed by atoms with Crippen LogP contribution in [0.4, 0.5) is 16.0 Å². The maximum Gasteiger partial charge on any atom is 0.228 e. The lowest BCUT2D eigenvalue weighted by molar-refractivity contribution is -0.122. The van der Waals surface area contributed by atoms with E-state index in [0.717, 1.165) is 96.2 Å². The van der Waals surface area contributed by atoms with E-state index in [0.29, 0.717) is 23.5 Å². The molecule has 5 aromatic rings. The summed E-state index contributed by atoms with van der Waals surface area (Å²) >= 11 is 9.62. The van der Waals surface area contributed by atoms with E-state index in [2.05, 4.69) is 78.2 Å². The first-order valence-electron chi connectivity index (χ1n) is 20.8. The highest BCUT2D eigenvalue weighted by Gasteiger charge is 2.28. The number of nitrogens with zero attached hydrogens (tertiary/aromatic N) is 8. The van der Waals surface area contributed by atoms with Crippen LogP contribution in [0, 0.1) is 19.7 Å². The predicted molar refractivity (Wildman–Crippen MR) is 240 cm³/mol. The van der Waals surface area contributed by atoms with E-state index in [1.54, 1.807) is 37.2 Å². The van der Waals surface area contributed by atoms with Gasteiger partial charge in [-0.15, -0.1) is 0 Å². The molecular weight excluding hydrogens is 863 g/mol. The van der Waals surface area contributed by atoms with Crippen LogP contribution in [-0.2, 0) is 22.4 Å². The van der Waals surface area contributed by atoms with Crippen LogP contribution in [0.5, 0.6) is 0 Å². The first kappa shape index (κ1) is 45.6. The van der Waals surface area contributed by atoms with Gasteiger partial charge in [0.1, 0.15) is 29.1 Å². The molecule has 0 atom stereocenters. The Morgan fingerprint density at radius 2 is 1.21 bits per heavy atom. The van der Waals surface area contributed by atoms with Crippen LogP contribution >= 0.6 is 27.5 Å². The summed E-state index contributed by atoms with van der Waals surface area (Å²) in [5, 5.41) is 5.95. The van der Waals surface area contributed by atoms with Crippen molar-refractivity contribution in [2.45, 2.75) is 117 Å². The third-order valence-electron chi connectivity index (χ3n) is 10.6. The summed E-state index contributed by atoms with van der Waals surface area (Å²) in [6.45, 7) is 19.2. The fourth-order valence-corrected chi connectivity index (χ4v) is 8.43. The molecule has 326 valence electrons. The molecule has 6 heterocycles. The van der Waals surface area contributed by atoms with Crippen molar-refractivity contribution < 1.29 is 14.0 Å². The Balaban J connectivity index is 0.000000210. The summed E-state index contributed by atoms with van der Waals surface area (Å²) in [5.41, 5.74) is 5.45. The number of rotatable bonds is 9. The van der Waals surface area contributed by atoms with Gasteiger partial charge in [0.05, 0.1) is 46.4 Å². The van der Waals surface area contributed by atoms with E-state index in [4.69, 9.17) is 16.6 Å². The number of hydrogen-bond donors (Lipinski definition) is 4. The average molecular weight is 920 g/mol. The van der Waals surface area contributed by atoms with Crippen molar-refractivity contribution in [1.82, 2.24) is 50.5 Å². The first-order valence-corrected chi connectivity index (χ1v) is 21.9. The van der Waals surface area contributed by atoms with Gasteiger partial charge in [0.25, 0.3) is 0 Å². The normalized spacial score (nSPS) is 15.3. The van der Waals surface area contributed by atoms with Gasteiger partial charge in [-0.1, -0.05) is 17.7 Å². The molecule has 2 aliphatic heterocycles. The topological polar surface area (TPSA) is 174 Å². The second-order valence-corrected chi connectivity index (χ2v) is 19.2. The molecule has 2 fully saturated rings. The van der Waals surface area contributed by atoms with Crippen LogP contribution in [0.2, 0.25) is 5.02 Å². The van der Waals surface area contributed by atoms with E-state index < -0.39 is 5.82 Å². The number of H-pyrrole nitrogens is 2. The summed E-state index contributed by atoms with van der Waals surface area (Å²) in [6, 6.07) is 4.61. The minimum Gasteiger partial charge on any atom is -0.356 e. The zero-order valence-electron chi connectivity index (χ0n) is 36.3. The van der Waals surface area contributed by atoms with E-state index in [9.17, 15) is 14.0 Å². The number of carbonyl (C=O) groups excluding carboxylic acids is 2. The molecule has 4 N–H and O–H groups in total. The lowest BCUT2D eigenvalue weighted by Crippen LogP contribution is -2.41. The molecule has 7 rings (SSSR count). The molecule has 17 heteroatoms. The monoisotopic (exact) mass is 918 g/mol. The number of halogens is 3. The molecular formula is C44H57BrClFN12O2. The summed E-state index contributed by atoms with van der Waals surface area (Å²) in [6.07, 6.45) is 11.1. The molecule has 0 spiro atoms. The van der Waals surface area contributed by atoms with Crippen LogP contribution in [0.1, 0.15) is 113 Å². The fourth-order valence-electron chi connectivity index (χ4n) is 7.81. The Morgan fingerprint density at radius 1 is 0.754 bits per heavy atom. The minimum atomic E-state index is -0.474. The molecule has 2 aliphatic rings. The highest BCUT2D eigenvalue weighted by Crippen LogP contribution is 2.36. The molecule has 2 saturated heterocycles. The zero-order valence-corrected chi connectivity index (χ0v) is 38.6. The molecule has 0 aliphatic carbocycles. The van der Waals surface area contributed by atoms with Gasteiger partial charge in [-0.2, -0.15) is 0 Å². The number of benzene rings is 1. The number of amides is 2.